The Bertz CT molecular complexity index is 1900. The number of hydrazone groups is 1. The molecule has 0 spiro atoms. The van der Waals surface area contributed by atoms with E-state index in [2.05, 4.69) is 5.43 Å². The average Bonchev–Trinajstić information content (AvgIpc) is 3.40. The minimum atomic E-state index is -3.89. The summed E-state index contributed by atoms with van der Waals surface area (Å²) in [7, 11) is -3.89. The second-order valence-electron chi connectivity index (χ2n) is 11.6. The smallest absolute Gasteiger partial charge is 0.410 e. The highest BCUT2D eigenvalue weighted by atomic mass is 32.2. The van der Waals surface area contributed by atoms with Crippen LogP contribution in [0.1, 0.15) is 43.2 Å². The number of rotatable bonds is 6. The Labute approximate surface area is 256 Å². The first-order chi connectivity index (χ1) is 21.1. The van der Waals surface area contributed by atoms with Crippen LogP contribution in [0.3, 0.4) is 0 Å². The van der Waals surface area contributed by atoms with E-state index in [1.807, 2.05) is 81.4 Å². The predicted molar refractivity (Wildman–Crippen MR) is 171 cm³/mol. The largest absolute Gasteiger partial charge is 0.458 e. The lowest BCUT2D eigenvalue weighted by Gasteiger charge is -2.29. The molecule has 0 unspecified atom stereocenters. The molecule has 44 heavy (non-hydrogen) atoms. The minimum Gasteiger partial charge on any atom is -0.458 e. The molecule has 1 aromatic heterocycles. The normalized spacial score (nSPS) is 13.3. The monoisotopic (exact) mass is 607 g/mol. The van der Waals surface area contributed by atoms with E-state index in [0.29, 0.717) is 41.1 Å². The van der Waals surface area contributed by atoms with E-state index in [0.717, 1.165) is 16.7 Å². The number of carbonyl (C=O) groups is 1. The number of nitrogens with one attached hydrogen (secondary N) is 1. The highest BCUT2D eigenvalue weighted by molar-refractivity contribution is 7.91. The Morgan fingerprint density at radius 1 is 0.864 bits per heavy atom. The van der Waals surface area contributed by atoms with Crippen LogP contribution >= 0.6 is 0 Å². The molecule has 1 aliphatic heterocycles. The van der Waals surface area contributed by atoms with E-state index in [1.54, 1.807) is 47.4 Å². The third-order valence-corrected chi connectivity index (χ3v) is 9.05. The molecule has 0 saturated heterocycles. The lowest BCUT2D eigenvalue weighted by Crippen LogP contribution is -2.39. The Balaban J connectivity index is 1.49. The van der Waals surface area contributed by atoms with Gasteiger partial charge in [0, 0.05) is 35.0 Å². The highest BCUT2D eigenvalue weighted by Gasteiger charge is 2.31. The molecular formula is C35H33N3O5S. The van der Waals surface area contributed by atoms with E-state index in [9.17, 15) is 13.2 Å². The topological polar surface area (TPSA) is 101 Å². The first-order valence-corrected chi connectivity index (χ1v) is 15.9. The van der Waals surface area contributed by atoms with Gasteiger partial charge in [0.15, 0.2) is 5.58 Å². The lowest BCUT2D eigenvalue weighted by molar-refractivity contribution is 0.0220. The van der Waals surface area contributed by atoms with Gasteiger partial charge in [-0.15, -0.1) is 0 Å². The maximum Gasteiger partial charge on any atom is 0.410 e. The van der Waals surface area contributed by atoms with E-state index < -0.39 is 21.5 Å². The van der Waals surface area contributed by atoms with E-state index in [-0.39, 0.29) is 16.3 Å². The van der Waals surface area contributed by atoms with Crippen LogP contribution in [0.5, 0.6) is 0 Å². The molecule has 1 amide bonds. The van der Waals surface area contributed by atoms with Gasteiger partial charge in [-0.25, -0.2) is 13.2 Å². The summed E-state index contributed by atoms with van der Waals surface area (Å²) >= 11 is 0. The van der Waals surface area contributed by atoms with Gasteiger partial charge in [-0.1, -0.05) is 78.9 Å². The number of ether oxygens (including phenoxy) is 1. The second kappa shape index (κ2) is 11.7. The fraction of sp³-hybridized carbons (Fsp3) is 0.200. The number of nitrogens with zero attached hydrogens (tertiary/aromatic N) is 2. The fourth-order valence-electron chi connectivity index (χ4n) is 5.21. The Morgan fingerprint density at radius 2 is 1.45 bits per heavy atom. The Hall–Kier alpha value is -4.89. The van der Waals surface area contributed by atoms with Gasteiger partial charge in [0.2, 0.25) is 9.84 Å². The number of benzene rings is 4. The third-order valence-electron chi connectivity index (χ3n) is 7.31. The van der Waals surface area contributed by atoms with Gasteiger partial charge in [0.1, 0.15) is 17.0 Å². The van der Waals surface area contributed by atoms with E-state index >= 15 is 0 Å². The summed E-state index contributed by atoms with van der Waals surface area (Å²) in [6.45, 7) is 6.13. The van der Waals surface area contributed by atoms with Crippen molar-refractivity contribution < 1.29 is 22.4 Å². The predicted octanol–water partition coefficient (Wildman–Crippen LogP) is 7.42. The van der Waals surface area contributed by atoms with E-state index in [1.165, 1.54) is 0 Å². The number of amides is 1. The van der Waals surface area contributed by atoms with Crippen molar-refractivity contribution in [1.82, 2.24) is 4.90 Å². The van der Waals surface area contributed by atoms with Crippen molar-refractivity contribution in [3.8, 4) is 0 Å². The molecule has 8 nitrogen and oxygen atoms in total. The Morgan fingerprint density at radius 3 is 2.05 bits per heavy atom. The van der Waals surface area contributed by atoms with Crippen LogP contribution in [0.25, 0.3) is 11.0 Å². The molecule has 0 atom stereocenters. The van der Waals surface area contributed by atoms with Crippen LogP contribution in [0, 0.1) is 0 Å². The molecule has 5 aromatic rings. The summed E-state index contributed by atoms with van der Waals surface area (Å²) in [5.41, 5.74) is 6.59. The Kier molecular flexibility index (Phi) is 7.73. The first kappa shape index (κ1) is 29.2. The summed E-state index contributed by atoms with van der Waals surface area (Å²) in [6.07, 6.45) is 0.0373. The van der Waals surface area contributed by atoms with Crippen LogP contribution in [-0.2, 0) is 27.5 Å². The van der Waals surface area contributed by atoms with Crippen molar-refractivity contribution in [2.24, 2.45) is 5.10 Å². The zero-order valence-corrected chi connectivity index (χ0v) is 25.6. The van der Waals surface area contributed by atoms with Crippen molar-refractivity contribution in [3.05, 3.63) is 126 Å². The van der Waals surface area contributed by atoms with Gasteiger partial charge in [-0.3, -0.25) is 5.43 Å². The molecule has 1 aliphatic rings. The molecule has 4 aromatic carbocycles. The molecule has 2 heterocycles. The summed E-state index contributed by atoms with van der Waals surface area (Å²) < 4.78 is 39.7. The van der Waals surface area contributed by atoms with Gasteiger partial charge in [0.25, 0.3) is 0 Å². The molecule has 0 aliphatic carbocycles. The van der Waals surface area contributed by atoms with Gasteiger partial charge >= 0.3 is 6.09 Å². The molecule has 9 heteroatoms. The highest BCUT2D eigenvalue weighted by Crippen LogP contribution is 2.38. The zero-order valence-electron chi connectivity index (χ0n) is 24.8. The van der Waals surface area contributed by atoms with Crippen LogP contribution in [0.4, 0.5) is 10.5 Å². The average molecular weight is 608 g/mol. The molecule has 224 valence electrons. The van der Waals surface area contributed by atoms with Crippen LogP contribution in [-0.4, -0.2) is 37.3 Å². The van der Waals surface area contributed by atoms with Gasteiger partial charge in [-0.05, 0) is 45.0 Å². The van der Waals surface area contributed by atoms with Crippen LogP contribution < -0.4 is 5.43 Å². The number of furan rings is 1. The molecular weight excluding hydrogens is 574 g/mol. The van der Waals surface area contributed by atoms with Crippen LogP contribution in [0.15, 0.2) is 122 Å². The second-order valence-corrected chi connectivity index (χ2v) is 13.6. The molecule has 0 saturated carbocycles. The summed E-state index contributed by atoms with van der Waals surface area (Å²) in [5.74, 6) is 0.701. The van der Waals surface area contributed by atoms with Crippen molar-refractivity contribution in [3.63, 3.8) is 0 Å². The van der Waals surface area contributed by atoms with Crippen molar-refractivity contribution >= 4 is 38.3 Å². The maximum atomic E-state index is 13.9. The molecule has 6 rings (SSSR count). The summed E-state index contributed by atoms with van der Waals surface area (Å²) in [4.78, 5) is 14.8. The van der Waals surface area contributed by atoms with Crippen molar-refractivity contribution in [2.45, 2.75) is 49.1 Å². The standard InChI is InChI=1S/C35H33N3O5S/c1-35(2,3)43-34(39)38-20-19-31-29(23-38)28-21-27(44(40,41)26-17-11-6-12-18-26)22-30(33(28)42-31)36-37-32(24-13-7-4-8-14-24)25-15-9-5-10-16-25/h4-18,21-22,36H,19-20,23H2,1-3H3. The third kappa shape index (κ3) is 5.96. The first-order valence-electron chi connectivity index (χ1n) is 14.4. The molecule has 0 bridgehead atoms. The zero-order chi connectivity index (χ0) is 30.9. The van der Waals surface area contributed by atoms with Crippen molar-refractivity contribution in [2.75, 3.05) is 12.0 Å². The molecule has 0 radical (unpaired) electrons. The lowest BCUT2D eigenvalue weighted by atomic mass is 10.0. The maximum absolute atomic E-state index is 13.9. The number of hydrogen-bond donors (Lipinski definition) is 1. The summed E-state index contributed by atoms with van der Waals surface area (Å²) in [6, 6.07) is 31.0. The van der Waals surface area contributed by atoms with Crippen LogP contribution in [0.2, 0.25) is 0 Å². The van der Waals surface area contributed by atoms with E-state index in [4.69, 9.17) is 14.3 Å². The van der Waals surface area contributed by atoms with Gasteiger partial charge in [0.05, 0.1) is 22.0 Å². The number of anilines is 1. The molecule has 0 fully saturated rings. The minimum absolute atomic E-state index is 0.0906. The molecule has 1 N–H and O–H groups in total. The van der Waals surface area contributed by atoms with Gasteiger partial charge in [-0.2, -0.15) is 5.10 Å². The number of hydrogen-bond acceptors (Lipinski definition) is 7. The quantitative estimate of drug-likeness (QED) is 0.159. The van der Waals surface area contributed by atoms with Gasteiger partial charge < -0.3 is 14.1 Å². The fourth-order valence-corrected chi connectivity index (χ4v) is 6.55. The SMILES string of the molecule is CC(C)(C)OC(=O)N1CCc2oc3c(NN=C(c4ccccc4)c4ccccc4)cc(S(=O)(=O)c4ccccc4)cc3c2C1. The van der Waals surface area contributed by atoms with Crippen molar-refractivity contribution in [1.29, 1.82) is 0 Å². The summed E-state index contributed by atoms with van der Waals surface area (Å²) in [5, 5.41) is 5.40. The number of carbonyl (C=O) groups excluding carboxylic acids is 1. The number of fused-ring (bicyclic) bond motifs is 3. The number of sulfone groups is 1.